The van der Waals surface area contributed by atoms with Crippen LogP contribution in [0, 0.1) is 0 Å². The predicted octanol–water partition coefficient (Wildman–Crippen LogP) is 4.85. The lowest BCUT2D eigenvalue weighted by atomic mass is 9.89. The number of thiocarbonyl (C=S) groups is 2. The van der Waals surface area contributed by atoms with E-state index in [1.165, 1.54) is 0 Å². The summed E-state index contributed by atoms with van der Waals surface area (Å²) in [4.78, 5) is 0.792. The summed E-state index contributed by atoms with van der Waals surface area (Å²) >= 11 is 10.7. The Morgan fingerprint density at radius 3 is 1.41 bits per heavy atom. The van der Waals surface area contributed by atoms with Crippen molar-refractivity contribution in [3.05, 3.63) is 95.1 Å². The van der Waals surface area contributed by atoms with Crippen LogP contribution < -0.4 is 11.5 Å². The zero-order chi connectivity index (χ0) is 19.0. The number of benzene rings is 4. The molecular weight excluding hydrogens is 368 g/mol. The summed E-state index contributed by atoms with van der Waals surface area (Å²) < 4.78 is 0. The third kappa shape index (κ3) is 3.18. The highest BCUT2D eigenvalue weighted by Crippen LogP contribution is 2.30. The van der Waals surface area contributed by atoms with Crippen LogP contribution in [0.25, 0.3) is 21.5 Å². The van der Waals surface area contributed by atoms with Gasteiger partial charge in [-0.15, -0.1) is 0 Å². The fourth-order valence-corrected chi connectivity index (χ4v) is 4.07. The van der Waals surface area contributed by atoms with Crippen LogP contribution in [0.4, 0.5) is 0 Å². The van der Waals surface area contributed by atoms with Crippen LogP contribution in [-0.2, 0) is 6.42 Å². The predicted molar refractivity (Wildman–Crippen MR) is 122 cm³/mol. The molecule has 27 heavy (non-hydrogen) atoms. The van der Waals surface area contributed by atoms with E-state index in [1.807, 2.05) is 36.4 Å². The largest absolute Gasteiger partial charge is 0.389 e. The first-order valence-corrected chi connectivity index (χ1v) is 9.49. The monoisotopic (exact) mass is 386 g/mol. The van der Waals surface area contributed by atoms with Crippen molar-refractivity contribution in [1.29, 1.82) is 0 Å². The number of hydrogen-bond donors (Lipinski definition) is 2. The number of nitrogens with two attached hydrogens (primary N) is 2. The lowest BCUT2D eigenvalue weighted by Gasteiger charge is -2.17. The molecule has 0 aliphatic heterocycles. The van der Waals surface area contributed by atoms with Crippen molar-refractivity contribution in [1.82, 2.24) is 0 Å². The van der Waals surface area contributed by atoms with Gasteiger partial charge in [-0.1, -0.05) is 97.2 Å². The first-order chi connectivity index (χ1) is 13.1. The highest BCUT2D eigenvalue weighted by atomic mass is 32.1. The second-order valence-electron chi connectivity index (χ2n) is 6.53. The van der Waals surface area contributed by atoms with Crippen LogP contribution in [0.1, 0.15) is 22.3 Å². The Labute approximate surface area is 168 Å². The molecule has 0 fully saturated rings. The Morgan fingerprint density at radius 1 is 0.593 bits per heavy atom. The minimum Gasteiger partial charge on any atom is -0.389 e. The van der Waals surface area contributed by atoms with Gasteiger partial charge in [0.15, 0.2) is 0 Å². The summed E-state index contributed by atoms with van der Waals surface area (Å²) in [6.07, 6.45) is 0.655. The van der Waals surface area contributed by atoms with Crippen LogP contribution in [0.3, 0.4) is 0 Å². The Morgan fingerprint density at radius 2 is 1.00 bits per heavy atom. The molecule has 0 spiro atoms. The molecule has 132 valence electrons. The molecule has 2 nitrogen and oxygen atoms in total. The molecule has 0 amide bonds. The molecule has 0 saturated heterocycles. The zero-order valence-corrected chi connectivity index (χ0v) is 16.2. The van der Waals surface area contributed by atoms with E-state index in [9.17, 15) is 0 Å². The van der Waals surface area contributed by atoms with E-state index in [0.717, 1.165) is 43.8 Å². The third-order valence-corrected chi connectivity index (χ3v) is 5.41. The molecule has 0 bridgehead atoms. The molecule has 0 aliphatic rings. The molecule has 0 aliphatic carbocycles. The maximum absolute atomic E-state index is 6.05. The summed E-state index contributed by atoms with van der Waals surface area (Å²) in [6.45, 7) is 0. The first kappa shape index (κ1) is 17.6. The van der Waals surface area contributed by atoms with Gasteiger partial charge < -0.3 is 11.5 Å². The first-order valence-electron chi connectivity index (χ1n) is 8.67. The van der Waals surface area contributed by atoms with E-state index >= 15 is 0 Å². The summed E-state index contributed by atoms with van der Waals surface area (Å²) in [5.74, 6) is 0. The van der Waals surface area contributed by atoms with E-state index in [0.29, 0.717) is 16.4 Å². The average molecular weight is 387 g/mol. The fourth-order valence-electron chi connectivity index (χ4n) is 3.69. The zero-order valence-electron chi connectivity index (χ0n) is 14.6. The van der Waals surface area contributed by atoms with E-state index in [4.69, 9.17) is 35.9 Å². The van der Waals surface area contributed by atoms with Crippen molar-refractivity contribution in [3.8, 4) is 0 Å². The quantitative estimate of drug-likeness (QED) is 0.492. The topological polar surface area (TPSA) is 52.0 Å². The van der Waals surface area contributed by atoms with Gasteiger partial charge in [0.2, 0.25) is 0 Å². The maximum atomic E-state index is 6.05. The van der Waals surface area contributed by atoms with Gasteiger partial charge in [-0.2, -0.15) is 0 Å². The second-order valence-corrected chi connectivity index (χ2v) is 7.41. The van der Waals surface area contributed by atoms with E-state index in [1.54, 1.807) is 0 Å². The van der Waals surface area contributed by atoms with Gasteiger partial charge in [0.05, 0.1) is 0 Å². The molecule has 0 saturated carbocycles. The highest BCUT2D eigenvalue weighted by molar-refractivity contribution is 7.81. The highest BCUT2D eigenvalue weighted by Gasteiger charge is 2.16. The van der Waals surface area contributed by atoms with Crippen molar-refractivity contribution in [2.45, 2.75) is 6.42 Å². The minimum absolute atomic E-state index is 0.396. The molecule has 4 heteroatoms. The van der Waals surface area contributed by atoms with Crippen LogP contribution in [0.5, 0.6) is 0 Å². The van der Waals surface area contributed by atoms with Crippen molar-refractivity contribution in [2.24, 2.45) is 11.5 Å². The molecule has 0 aromatic heterocycles. The lowest BCUT2D eigenvalue weighted by molar-refractivity contribution is 1.22. The third-order valence-electron chi connectivity index (χ3n) is 4.97. The van der Waals surface area contributed by atoms with Crippen LogP contribution in [0.2, 0.25) is 0 Å². The lowest BCUT2D eigenvalue weighted by Crippen LogP contribution is -2.16. The normalized spacial score (nSPS) is 11.0. The Bertz CT molecular complexity index is 1120. The molecule has 0 atom stereocenters. The molecule has 4 aromatic carbocycles. The fraction of sp³-hybridized carbons (Fsp3) is 0.0435. The van der Waals surface area contributed by atoms with Crippen LogP contribution in [0.15, 0.2) is 72.8 Å². The van der Waals surface area contributed by atoms with Crippen LogP contribution in [-0.4, -0.2) is 9.98 Å². The van der Waals surface area contributed by atoms with E-state index in [-0.39, 0.29) is 0 Å². The molecular formula is C23H18N2S2. The van der Waals surface area contributed by atoms with E-state index < -0.39 is 0 Å². The Balaban J connectivity index is 2.03. The number of fused-ring (bicyclic) bond motifs is 2. The van der Waals surface area contributed by atoms with Gasteiger partial charge in [-0.05, 0) is 32.7 Å². The summed E-state index contributed by atoms with van der Waals surface area (Å²) in [5.41, 5.74) is 16.1. The average Bonchev–Trinajstić information content (AvgIpc) is 2.68. The molecule has 4 rings (SSSR count). The smallest absolute Gasteiger partial charge is 0.104 e. The number of rotatable bonds is 4. The van der Waals surface area contributed by atoms with Gasteiger partial charge in [0.25, 0.3) is 0 Å². The van der Waals surface area contributed by atoms with Gasteiger partial charge in [-0.3, -0.25) is 0 Å². The molecule has 4 N–H and O–H groups in total. The Hall–Kier alpha value is -2.82. The van der Waals surface area contributed by atoms with Crippen molar-refractivity contribution < 1.29 is 0 Å². The molecule has 0 heterocycles. The maximum Gasteiger partial charge on any atom is 0.104 e. The standard InChI is InChI=1S/C23H18N2S2/c24-22(26)18-11-9-14-5-1-3-7-16(14)20(18)13-21-17-8-4-2-6-15(17)10-12-19(21)23(25)27/h1-12H,13H2,(H2,24,26)(H2,25,27). The van der Waals surface area contributed by atoms with Gasteiger partial charge >= 0.3 is 0 Å². The summed E-state index contributed by atoms with van der Waals surface area (Å²) in [6, 6.07) is 24.7. The molecule has 4 aromatic rings. The van der Waals surface area contributed by atoms with Crippen molar-refractivity contribution in [3.63, 3.8) is 0 Å². The van der Waals surface area contributed by atoms with Crippen LogP contribution >= 0.6 is 24.4 Å². The summed E-state index contributed by atoms with van der Waals surface area (Å²) in [7, 11) is 0. The SMILES string of the molecule is NC(=S)c1ccc2ccccc2c1Cc1c(C(N)=S)ccc2ccccc12. The van der Waals surface area contributed by atoms with Gasteiger partial charge in [0, 0.05) is 17.5 Å². The minimum atomic E-state index is 0.396. The van der Waals surface area contributed by atoms with Gasteiger partial charge in [0.1, 0.15) is 9.98 Å². The van der Waals surface area contributed by atoms with Crippen molar-refractivity contribution >= 4 is 56.0 Å². The molecule has 0 unspecified atom stereocenters. The Kier molecular flexibility index (Phi) is 4.60. The summed E-state index contributed by atoms with van der Waals surface area (Å²) in [5, 5.41) is 4.60. The van der Waals surface area contributed by atoms with Crippen molar-refractivity contribution in [2.75, 3.05) is 0 Å². The molecule has 0 radical (unpaired) electrons. The van der Waals surface area contributed by atoms with E-state index in [2.05, 4.69) is 36.4 Å². The van der Waals surface area contributed by atoms with Gasteiger partial charge in [-0.25, -0.2) is 0 Å². The number of hydrogen-bond acceptors (Lipinski definition) is 2. The second kappa shape index (κ2) is 7.06.